The van der Waals surface area contributed by atoms with Crippen LogP contribution in [0.15, 0.2) is 28.7 Å². The Morgan fingerprint density at radius 2 is 2.00 bits per heavy atom. The highest BCUT2D eigenvalue weighted by Gasteiger charge is 2.32. The minimum absolute atomic E-state index is 0.407. The van der Waals surface area contributed by atoms with Crippen molar-refractivity contribution < 1.29 is 0 Å². The molecule has 0 saturated heterocycles. The van der Waals surface area contributed by atoms with Gasteiger partial charge in [-0.3, -0.25) is 0 Å². The molecule has 0 spiro atoms. The van der Waals surface area contributed by atoms with Crippen molar-refractivity contribution >= 4 is 15.9 Å². The number of rotatable bonds is 3. The second kappa shape index (κ2) is 5.97. The summed E-state index contributed by atoms with van der Waals surface area (Å²) in [5, 5.41) is 3.83. The molecule has 1 aromatic rings. The monoisotopic (exact) mass is 323 g/mol. The zero-order chi connectivity index (χ0) is 14.0. The summed E-state index contributed by atoms with van der Waals surface area (Å²) < 4.78 is 1.21. The molecule has 1 aliphatic carbocycles. The molecule has 0 bridgehead atoms. The quantitative estimate of drug-likeness (QED) is 0.794. The van der Waals surface area contributed by atoms with Crippen molar-refractivity contribution in [2.75, 3.05) is 0 Å². The molecule has 1 N–H and O–H groups in total. The maximum Gasteiger partial charge on any atom is 0.0305 e. The summed E-state index contributed by atoms with van der Waals surface area (Å²) in [5.74, 6) is 0.758. The van der Waals surface area contributed by atoms with E-state index in [4.69, 9.17) is 0 Å². The molecule has 2 rings (SSSR count). The Balaban J connectivity index is 2.00. The van der Waals surface area contributed by atoms with Crippen LogP contribution in [-0.2, 0) is 0 Å². The number of halogens is 1. The fourth-order valence-electron chi connectivity index (χ4n) is 3.43. The molecule has 2 unspecified atom stereocenters. The predicted molar refractivity (Wildman–Crippen MR) is 86.3 cm³/mol. The van der Waals surface area contributed by atoms with E-state index in [1.807, 2.05) is 0 Å². The average Bonchev–Trinajstić information content (AvgIpc) is 2.32. The minimum atomic E-state index is 0.407. The predicted octanol–water partition coefficient (Wildman–Crippen LogP) is 5.31. The van der Waals surface area contributed by atoms with Crippen LogP contribution < -0.4 is 5.32 Å². The maximum absolute atomic E-state index is 3.83. The van der Waals surface area contributed by atoms with Gasteiger partial charge in [0, 0.05) is 16.6 Å². The molecule has 106 valence electrons. The van der Waals surface area contributed by atoms with Gasteiger partial charge in [0.05, 0.1) is 0 Å². The van der Waals surface area contributed by atoms with Gasteiger partial charge < -0.3 is 5.32 Å². The maximum atomic E-state index is 3.83. The number of benzene rings is 1. The normalized spacial score (nSPS) is 28.1. The molecule has 0 heterocycles. The molecule has 2 heteroatoms. The van der Waals surface area contributed by atoms with Gasteiger partial charge in [-0.1, -0.05) is 54.9 Å². The van der Waals surface area contributed by atoms with Crippen molar-refractivity contribution in [2.24, 2.45) is 11.3 Å². The highest BCUT2D eigenvalue weighted by molar-refractivity contribution is 9.10. The highest BCUT2D eigenvalue weighted by atomic mass is 79.9. The van der Waals surface area contributed by atoms with Crippen molar-refractivity contribution in [1.29, 1.82) is 0 Å². The lowest BCUT2D eigenvalue weighted by atomic mass is 9.70. The molecule has 0 aromatic heterocycles. The summed E-state index contributed by atoms with van der Waals surface area (Å²) >= 11 is 3.65. The van der Waals surface area contributed by atoms with E-state index in [0.29, 0.717) is 17.5 Å². The average molecular weight is 324 g/mol. The molecule has 0 radical (unpaired) electrons. The van der Waals surface area contributed by atoms with Crippen LogP contribution in [0.5, 0.6) is 0 Å². The molecule has 1 aliphatic rings. The van der Waals surface area contributed by atoms with E-state index in [0.717, 1.165) is 5.92 Å². The third kappa shape index (κ3) is 3.82. The number of hydrogen-bond acceptors (Lipinski definition) is 1. The van der Waals surface area contributed by atoms with Gasteiger partial charge in [0.1, 0.15) is 0 Å². The summed E-state index contributed by atoms with van der Waals surface area (Å²) in [7, 11) is 0. The largest absolute Gasteiger partial charge is 0.307 e. The Labute approximate surface area is 126 Å². The smallest absolute Gasteiger partial charge is 0.0305 e. The molecule has 0 aliphatic heterocycles. The molecule has 3 atom stereocenters. The lowest BCUT2D eigenvalue weighted by Crippen LogP contribution is -2.42. The lowest BCUT2D eigenvalue weighted by Gasteiger charge is -2.41. The van der Waals surface area contributed by atoms with Crippen molar-refractivity contribution in [2.45, 2.75) is 59.0 Å². The topological polar surface area (TPSA) is 12.0 Å². The highest BCUT2D eigenvalue weighted by Crippen LogP contribution is 2.39. The Morgan fingerprint density at radius 1 is 1.32 bits per heavy atom. The molecule has 1 nitrogen and oxygen atoms in total. The van der Waals surface area contributed by atoms with Gasteiger partial charge in [0.2, 0.25) is 0 Å². The SMILES string of the molecule is CC1CC(C)(C)CCC1N[C@H](C)c1ccccc1Br. The zero-order valence-corrected chi connectivity index (χ0v) is 14.1. The Hall–Kier alpha value is -0.340. The molecule has 0 amide bonds. The first-order valence-electron chi connectivity index (χ1n) is 7.39. The van der Waals surface area contributed by atoms with E-state index < -0.39 is 0 Å². The van der Waals surface area contributed by atoms with Gasteiger partial charge in [-0.25, -0.2) is 0 Å². The van der Waals surface area contributed by atoms with Crippen LogP contribution in [0.1, 0.15) is 58.6 Å². The lowest BCUT2D eigenvalue weighted by molar-refractivity contribution is 0.142. The van der Waals surface area contributed by atoms with Crippen LogP contribution in [0.4, 0.5) is 0 Å². The standard InChI is InChI=1S/C17H26BrN/c1-12-11-17(3,4)10-9-16(12)19-13(2)14-7-5-6-8-15(14)18/h5-8,12-13,16,19H,9-11H2,1-4H3/t12?,13-,16?/m1/s1. The molecular formula is C17H26BrN. The third-order valence-corrected chi connectivity index (χ3v) is 5.25. The van der Waals surface area contributed by atoms with E-state index >= 15 is 0 Å². The van der Waals surface area contributed by atoms with Gasteiger partial charge in [-0.2, -0.15) is 0 Å². The van der Waals surface area contributed by atoms with Crippen LogP contribution >= 0.6 is 15.9 Å². The van der Waals surface area contributed by atoms with Crippen LogP contribution in [-0.4, -0.2) is 6.04 Å². The van der Waals surface area contributed by atoms with Gasteiger partial charge in [-0.05, 0) is 49.1 Å². The molecule has 1 saturated carbocycles. The van der Waals surface area contributed by atoms with Gasteiger partial charge in [0.15, 0.2) is 0 Å². The summed E-state index contributed by atoms with van der Waals surface area (Å²) in [6.45, 7) is 9.46. The van der Waals surface area contributed by atoms with Crippen LogP contribution in [0.3, 0.4) is 0 Å². The fourth-order valence-corrected chi connectivity index (χ4v) is 4.06. The summed E-state index contributed by atoms with van der Waals surface area (Å²) in [5.41, 5.74) is 1.88. The molecule has 1 aromatic carbocycles. The van der Waals surface area contributed by atoms with Gasteiger partial charge in [-0.15, -0.1) is 0 Å². The van der Waals surface area contributed by atoms with Crippen LogP contribution in [0.25, 0.3) is 0 Å². The Morgan fingerprint density at radius 3 is 2.63 bits per heavy atom. The Kier molecular flexibility index (Phi) is 4.73. The number of nitrogens with one attached hydrogen (secondary N) is 1. The first kappa shape index (κ1) is 15.1. The van der Waals surface area contributed by atoms with E-state index in [9.17, 15) is 0 Å². The fraction of sp³-hybridized carbons (Fsp3) is 0.647. The molecule has 1 fully saturated rings. The van der Waals surface area contributed by atoms with Gasteiger partial charge in [0.25, 0.3) is 0 Å². The number of hydrogen-bond donors (Lipinski definition) is 1. The van der Waals surface area contributed by atoms with Crippen molar-refractivity contribution in [3.05, 3.63) is 34.3 Å². The van der Waals surface area contributed by atoms with E-state index in [-0.39, 0.29) is 0 Å². The first-order valence-corrected chi connectivity index (χ1v) is 8.19. The van der Waals surface area contributed by atoms with Crippen LogP contribution in [0.2, 0.25) is 0 Å². The Bertz CT molecular complexity index is 427. The summed E-state index contributed by atoms with van der Waals surface area (Å²) in [4.78, 5) is 0. The van der Waals surface area contributed by atoms with Crippen molar-refractivity contribution in [3.63, 3.8) is 0 Å². The molecular weight excluding hydrogens is 298 g/mol. The first-order chi connectivity index (χ1) is 8.89. The molecule has 19 heavy (non-hydrogen) atoms. The summed E-state index contributed by atoms with van der Waals surface area (Å²) in [6.07, 6.45) is 3.95. The van der Waals surface area contributed by atoms with E-state index in [2.05, 4.69) is 73.2 Å². The van der Waals surface area contributed by atoms with Crippen molar-refractivity contribution in [3.8, 4) is 0 Å². The van der Waals surface area contributed by atoms with Crippen LogP contribution in [0, 0.1) is 11.3 Å². The summed E-state index contributed by atoms with van der Waals surface area (Å²) in [6, 6.07) is 9.58. The second-order valence-corrected chi connectivity index (χ2v) is 7.75. The van der Waals surface area contributed by atoms with Crippen molar-refractivity contribution in [1.82, 2.24) is 5.32 Å². The zero-order valence-electron chi connectivity index (χ0n) is 12.5. The second-order valence-electron chi connectivity index (χ2n) is 6.90. The minimum Gasteiger partial charge on any atom is -0.307 e. The van der Waals surface area contributed by atoms with E-state index in [1.54, 1.807) is 0 Å². The third-order valence-electron chi connectivity index (χ3n) is 4.53. The van der Waals surface area contributed by atoms with Gasteiger partial charge >= 0.3 is 0 Å². The van der Waals surface area contributed by atoms with E-state index in [1.165, 1.54) is 29.3 Å².